The van der Waals surface area contributed by atoms with Gasteiger partial charge in [-0.2, -0.15) is 0 Å². The second kappa shape index (κ2) is 12.2. The van der Waals surface area contributed by atoms with E-state index >= 15 is 0 Å². The molecule has 0 bridgehead atoms. The largest absolute Gasteiger partial charge is 0.493 e. The Balaban J connectivity index is 1.86. The summed E-state index contributed by atoms with van der Waals surface area (Å²) in [5.41, 5.74) is 3.18. The lowest BCUT2D eigenvalue weighted by molar-refractivity contribution is -0.128. The summed E-state index contributed by atoms with van der Waals surface area (Å²) in [6.45, 7) is 10.0. The highest BCUT2D eigenvalue weighted by Crippen LogP contribution is 2.35. The van der Waals surface area contributed by atoms with E-state index in [-0.39, 0.29) is 18.4 Å². The van der Waals surface area contributed by atoms with E-state index in [4.69, 9.17) is 9.47 Å². The fourth-order valence-electron chi connectivity index (χ4n) is 4.55. The van der Waals surface area contributed by atoms with Crippen LogP contribution in [0.1, 0.15) is 51.8 Å². The van der Waals surface area contributed by atoms with Crippen molar-refractivity contribution in [2.45, 2.75) is 59.2 Å². The molecule has 1 heterocycles. The molecule has 1 atom stereocenters. The van der Waals surface area contributed by atoms with E-state index in [1.165, 1.54) is 4.90 Å². The minimum atomic E-state index is -1.00. The minimum Gasteiger partial charge on any atom is -0.493 e. The molecule has 3 aromatic carbocycles. The number of aryl methyl sites for hydroxylation is 1. The number of para-hydroxylation sites is 1. The van der Waals surface area contributed by atoms with Crippen molar-refractivity contribution in [1.82, 2.24) is 20.3 Å². The number of anilines is 1. The fourth-order valence-corrected chi connectivity index (χ4v) is 4.55. The number of carbonyl (C=O) groups excluding carboxylic acids is 2. The molecule has 0 saturated carbocycles. The molecular weight excluding hydrogens is 506 g/mol. The highest BCUT2D eigenvalue weighted by Gasteiger charge is 2.35. The Labute approximate surface area is 235 Å². The fraction of sp³-hybridized carbons (Fsp3) is 0.355. The second-order valence-corrected chi connectivity index (χ2v) is 10.5. The maximum Gasteiger partial charge on any atom is 0.249 e. The first-order chi connectivity index (χ1) is 19.1. The van der Waals surface area contributed by atoms with Gasteiger partial charge in [-0.1, -0.05) is 42.5 Å². The van der Waals surface area contributed by atoms with E-state index in [9.17, 15) is 9.59 Å². The highest BCUT2D eigenvalue weighted by atomic mass is 16.5. The number of rotatable bonds is 10. The Morgan fingerprint density at radius 2 is 1.73 bits per heavy atom. The van der Waals surface area contributed by atoms with Crippen molar-refractivity contribution in [3.05, 3.63) is 77.9 Å². The van der Waals surface area contributed by atoms with Crippen molar-refractivity contribution >= 4 is 28.5 Å². The van der Waals surface area contributed by atoms with Gasteiger partial charge < -0.3 is 14.8 Å². The number of nitrogens with zero attached hydrogens (tertiary/aromatic N) is 4. The number of nitrogens with one attached hydrogen (secondary N) is 1. The van der Waals surface area contributed by atoms with E-state index < -0.39 is 11.6 Å². The first-order valence-corrected chi connectivity index (χ1v) is 13.5. The summed E-state index contributed by atoms with van der Waals surface area (Å²) in [4.78, 5) is 29.8. The number of hydrogen-bond donors (Lipinski definition) is 1. The van der Waals surface area contributed by atoms with Crippen LogP contribution < -0.4 is 19.7 Å². The van der Waals surface area contributed by atoms with Crippen LogP contribution in [0.2, 0.25) is 0 Å². The molecule has 0 aliphatic rings. The molecule has 9 nitrogen and oxygen atoms in total. The van der Waals surface area contributed by atoms with Gasteiger partial charge in [-0.25, -0.2) is 4.68 Å². The van der Waals surface area contributed by atoms with Crippen molar-refractivity contribution in [1.29, 1.82) is 0 Å². The van der Waals surface area contributed by atoms with Crippen molar-refractivity contribution in [3.63, 3.8) is 0 Å². The number of aromatic nitrogens is 3. The Hall–Kier alpha value is -4.40. The molecule has 4 rings (SSSR count). The summed E-state index contributed by atoms with van der Waals surface area (Å²) in [6.07, 6.45) is 0.850. The minimum absolute atomic E-state index is 0.108. The average molecular weight is 544 g/mol. The van der Waals surface area contributed by atoms with Gasteiger partial charge in [-0.15, -0.1) is 5.10 Å². The van der Waals surface area contributed by atoms with Crippen LogP contribution in [0.15, 0.2) is 66.7 Å². The van der Waals surface area contributed by atoms with E-state index in [1.807, 2.05) is 76.2 Å². The van der Waals surface area contributed by atoms with Gasteiger partial charge in [0.05, 0.1) is 19.2 Å². The lowest BCUT2D eigenvalue weighted by atomic mass is 9.99. The van der Waals surface area contributed by atoms with Gasteiger partial charge in [-0.05, 0) is 81.6 Å². The maximum absolute atomic E-state index is 14.2. The van der Waals surface area contributed by atoms with Crippen LogP contribution in [-0.2, 0) is 22.6 Å². The predicted octanol–water partition coefficient (Wildman–Crippen LogP) is 5.09. The number of methoxy groups -OCH3 is 1. The van der Waals surface area contributed by atoms with Crippen LogP contribution in [0.3, 0.4) is 0 Å². The molecule has 9 heteroatoms. The lowest BCUT2D eigenvalue weighted by Crippen LogP contribution is -2.50. The summed E-state index contributed by atoms with van der Waals surface area (Å²) < 4.78 is 12.9. The number of benzene rings is 3. The second-order valence-electron chi connectivity index (χ2n) is 10.5. The monoisotopic (exact) mass is 543 g/mol. The number of fused-ring (bicyclic) bond motifs is 1. The zero-order valence-electron chi connectivity index (χ0n) is 24.0. The van der Waals surface area contributed by atoms with E-state index in [0.29, 0.717) is 34.9 Å². The van der Waals surface area contributed by atoms with Crippen LogP contribution in [0.4, 0.5) is 5.69 Å². The van der Waals surface area contributed by atoms with Crippen molar-refractivity contribution < 1.29 is 19.1 Å². The van der Waals surface area contributed by atoms with Crippen LogP contribution in [-0.4, -0.2) is 46.1 Å². The van der Waals surface area contributed by atoms with Crippen LogP contribution in [0.25, 0.3) is 11.0 Å². The van der Waals surface area contributed by atoms with Crippen molar-refractivity contribution in [2.75, 3.05) is 18.6 Å². The Morgan fingerprint density at radius 3 is 2.38 bits per heavy atom. The Morgan fingerprint density at radius 1 is 1.00 bits per heavy atom. The zero-order chi connectivity index (χ0) is 28.9. The smallest absolute Gasteiger partial charge is 0.249 e. The first-order valence-electron chi connectivity index (χ1n) is 13.5. The number of amides is 2. The van der Waals surface area contributed by atoms with Gasteiger partial charge in [0.2, 0.25) is 11.8 Å². The predicted molar refractivity (Wildman–Crippen MR) is 156 cm³/mol. The quantitative estimate of drug-likeness (QED) is 0.299. The standard InChI is InChI=1S/C31H37N5O4/c1-7-21-13-16-23(17-14-21)36(28(37)20-35-25-12-10-9-11-24(25)33-34-35)29(30(38)32-31(3,4)5)22-15-18-26(40-8-2)27(19-22)39-6/h9-19,29H,7-8,20H2,1-6H3,(H,32,38). The molecule has 0 aliphatic carbocycles. The molecule has 1 unspecified atom stereocenters. The molecule has 1 aromatic heterocycles. The van der Waals surface area contributed by atoms with Crippen molar-refractivity contribution in [3.8, 4) is 11.5 Å². The number of ether oxygens (including phenoxy) is 2. The summed E-state index contributed by atoms with van der Waals surface area (Å²) in [5, 5.41) is 11.5. The van der Waals surface area contributed by atoms with Crippen LogP contribution in [0.5, 0.6) is 11.5 Å². The van der Waals surface area contributed by atoms with Crippen molar-refractivity contribution in [2.24, 2.45) is 0 Å². The van der Waals surface area contributed by atoms with Gasteiger partial charge in [0.1, 0.15) is 18.1 Å². The van der Waals surface area contributed by atoms with Gasteiger partial charge >= 0.3 is 0 Å². The molecule has 0 spiro atoms. The molecule has 1 N–H and O–H groups in total. The normalized spacial score (nSPS) is 12.2. The molecule has 210 valence electrons. The van der Waals surface area contributed by atoms with E-state index in [0.717, 1.165) is 17.5 Å². The molecule has 0 saturated heterocycles. The molecule has 40 heavy (non-hydrogen) atoms. The first kappa shape index (κ1) is 28.6. The summed E-state index contributed by atoms with van der Waals surface area (Å²) in [7, 11) is 1.55. The molecule has 4 aromatic rings. The summed E-state index contributed by atoms with van der Waals surface area (Å²) >= 11 is 0. The Kier molecular flexibility index (Phi) is 8.72. The molecule has 2 amide bonds. The lowest BCUT2D eigenvalue weighted by Gasteiger charge is -2.34. The highest BCUT2D eigenvalue weighted by molar-refractivity contribution is 6.01. The third-order valence-corrected chi connectivity index (χ3v) is 6.40. The van der Waals surface area contributed by atoms with Gasteiger partial charge in [0, 0.05) is 11.2 Å². The van der Waals surface area contributed by atoms with Gasteiger partial charge in [-0.3, -0.25) is 14.5 Å². The van der Waals surface area contributed by atoms with Crippen LogP contribution in [0, 0.1) is 0 Å². The maximum atomic E-state index is 14.2. The van der Waals surface area contributed by atoms with Gasteiger partial charge in [0.15, 0.2) is 11.5 Å². The van der Waals surface area contributed by atoms with E-state index in [2.05, 4.69) is 22.6 Å². The van der Waals surface area contributed by atoms with Gasteiger partial charge in [0.25, 0.3) is 0 Å². The summed E-state index contributed by atoms with van der Waals surface area (Å²) in [6, 6.07) is 19.5. The number of hydrogen-bond acceptors (Lipinski definition) is 6. The Bertz CT molecular complexity index is 1470. The third-order valence-electron chi connectivity index (χ3n) is 6.40. The zero-order valence-corrected chi connectivity index (χ0v) is 24.0. The average Bonchev–Trinajstić information content (AvgIpc) is 3.33. The summed E-state index contributed by atoms with van der Waals surface area (Å²) in [5.74, 6) is 0.392. The number of carbonyl (C=O) groups is 2. The van der Waals surface area contributed by atoms with Crippen LogP contribution >= 0.6 is 0 Å². The molecule has 0 fully saturated rings. The molecular formula is C31H37N5O4. The molecule has 0 aliphatic heterocycles. The van der Waals surface area contributed by atoms with E-state index in [1.54, 1.807) is 30.0 Å². The third kappa shape index (κ3) is 6.42. The topological polar surface area (TPSA) is 98.6 Å². The molecule has 0 radical (unpaired) electrons. The SMILES string of the molecule is CCOc1ccc(C(C(=O)NC(C)(C)C)N(C(=O)Cn2nnc3ccccc32)c2ccc(CC)cc2)cc1OC.